The fourth-order valence-corrected chi connectivity index (χ4v) is 2.33. The van der Waals surface area contributed by atoms with Gasteiger partial charge in [0, 0.05) is 14.2 Å². The summed E-state index contributed by atoms with van der Waals surface area (Å²) in [7, 11) is 2.97. The molecule has 5 nitrogen and oxygen atoms in total. The first-order valence-electron chi connectivity index (χ1n) is 5.98. The maximum absolute atomic E-state index is 12.3. The Labute approximate surface area is 110 Å². The summed E-state index contributed by atoms with van der Waals surface area (Å²) >= 11 is 0. The summed E-state index contributed by atoms with van der Waals surface area (Å²) in [4.78, 5) is 12.3. The Hall–Kier alpha value is -1.85. The van der Waals surface area contributed by atoms with Gasteiger partial charge in [0.05, 0.1) is 17.6 Å². The normalized spacial score (nSPS) is 23.6. The maximum atomic E-state index is 12.3. The Morgan fingerprint density at radius 1 is 1.26 bits per heavy atom. The molecule has 0 bridgehead atoms. The molecule has 0 fully saturated rings. The van der Waals surface area contributed by atoms with E-state index in [2.05, 4.69) is 0 Å². The summed E-state index contributed by atoms with van der Waals surface area (Å²) in [5, 5.41) is 0. The molecule has 0 amide bonds. The van der Waals surface area contributed by atoms with Gasteiger partial charge in [0.1, 0.15) is 18.1 Å². The number of fused-ring (bicyclic) bond motifs is 2. The van der Waals surface area contributed by atoms with E-state index >= 15 is 0 Å². The summed E-state index contributed by atoms with van der Waals surface area (Å²) in [5.41, 5.74) is 1.04. The molecule has 2 aliphatic rings. The van der Waals surface area contributed by atoms with E-state index in [4.69, 9.17) is 18.9 Å². The number of hydrogen-bond acceptors (Lipinski definition) is 5. The predicted molar refractivity (Wildman–Crippen MR) is 65.7 cm³/mol. The Morgan fingerprint density at radius 3 is 2.74 bits per heavy atom. The van der Waals surface area contributed by atoms with E-state index in [0.717, 1.165) is 0 Å². The zero-order valence-corrected chi connectivity index (χ0v) is 10.7. The molecule has 2 heterocycles. The first-order valence-corrected chi connectivity index (χ1v) is 5.98. The molecular formula is C14H14O5. The van der Waals surface area contributed by atoms with Crippen molar-refractivity contribution in [1.82, 2.24) is 0 Å². The van der Waals surface area contributed by atoms with Crippen LogP contribution in [0.25, 0.3) is 0 Å². The summed E-state index contributed by atoms with van der Waals surface area (Å²) in [6.07, 6.45) is 1.25. The van der Waals surface area contributed by atoms with E-state index in [1.165, 1.54) is 20.5 Å². The lowest BCUT2D eigenvalue weighted by Gasteiger charge is -2.38. The highest BCUT2D eigenvalue weighted by Gasteiger charge is 2.45. The van der Waals surface area contributed by atoms with Crippen molar-refractivity contribution < 1.29 is 23.7 Å². The van der Waals surface area contributed by atoms with Gasteiger partial charge in [-0.3, -0.25) is 4.79 Å². The summed E-state index contributed by atoms with van der Waals surface area (Å²) in [6, 6.07) is 7.16. The van der Waals surface area contributed by atoms with Crippen LogP contribution >= 0.6 is 0 Å². The highest BCUT2D eigenvalue weighted by molar-refractivity contribution is 6.12. The van der Waals surface area contributed by atoms with Crippen LogP contribution in [0.5, 0.6) is 5.75 Å². The van der Waals surface area contributed by atoms with Crippen LogP contribution in [0.2, 0.25) is 0 Å². The lowest BCUT2D eigenvalue weighted by Crippen LogP contribution is -2.47. The summed E-state index contributed by atoms with van der Waals surface area (Å²) in [6.45, 7) is 0. The average molecular weight is 262 g/mol. The molecule has 1 aromatic carbocycles. The Morgan fingerprint density at radius 2 is 2.00 bits per heavy atom. The topological polar surface area (TPSA) is 54.0 Å². The van der Waals surface area contributed by atoms with Crippen molar-refractivity contribution in [3.05, 3.63) is 41.7 Å². The minimum Gasteiger partial charge on any atom is -0.484 e. The minimum absolute atomic E-state index is 0.0762. The van der Waals surface area contributed by atoms with E-state index in [0.29, 0.717) is 23.3 Å². The molecule has 1 aromatic rings. The van der Waals surface area contributed by atoms with Crippen LogP contribution in [0.15, 0.2) is 36.1 Å². The molecule has 0 spiro atoms. The van der Waals surface area contributed by atoms with E-state index in [1.807, 2.05) is 6.07 Å². The number of para-hydroxylation sites is 1. The molecule has 0 aromatic heterocycles. The average Bonchev–Trinajstić information content (AvgIpc) is 2.47. The van der Waals surface area contributed by atoms with Crippen molar-refractivity contribution >= 4 is 5.78 Å². The van der Waals surface area contributed by atoms with Gasteiger partial charge in [0.2, 0.25) is 0 Å². The van der Waals surface area contributed by atoms with Gasteiger partial charge < -0.3 is 18.9 Å². The third-order valence-electron chi connectivity index (χ3n) is 3.43. The van der Waals surface area contributed by atoms with Crippen LogP contribution < -0.4 is 4.74 Å². The molecule has 0 N–H and O–H groups in total. The van der Waals surface area contributed by atoms with Crippen LogP contribution in [0.1, 0.15) is 16.8 Å². The number of ketones is 1. The maximum Gasteiger partial charge on any atom is 0.329 e. The third kappa shape index (κ3) is 1.82. The zero-order valence-electron chi connectivity index (χ0n) is 10.7. The van der Waals surface area contributed by atoms with Crippen LogP contribution in [0.3, 0.4) is 0 Å². The van der Waals surface area contributed by atoms with Crippen molar-refractivity contribution in [2.75, 3.05) is 14.2 Å². The second kappa shape index (κ2) is 4.36. The van der Waals surface area contributed by atoms with Crippen LogP contribution in [-0.2, 0) is 14.2 Å². The van der Waals surface area contributed by atoms with Crippen LogP contribution in [0.4, 0.5) is 0 Å². The number of benzene rings is 1. The number of Topliss-reactive ketones (excluding diaryl/α,β-unsaturated/α-hetero) is 1. The monoisotopic (exact) mass is 262 g/mol. The van der Waals surface area contributed by atoms with Crippen molar-refractivity contribution in [2.24, 2.45) is 0 Å². The Balaban J connectivity index is 1.99. The molecule has 0 radical (unpaired) electrons. The summed E-state index contributed by atoms with van der Waals surface area (Å²) in [5.74, 6) is -0.689. The van der Waals surface area contributed by atoms with E-state index in [-0.39, 0.29) is 5.78 Å². The van der Waals surface area contributed by atoms with E-state index in [1.54, 1.807) is 18.2 Å². The molecule has 1 unspecified atom stereocenters. The van der Waals surface area contributed by atoms with Crippen LogP contribution in [0, 0.1) is 0 Å². The van der Waals surface area contributed by atoms with E-state index in [9.17, 15) is 4.79 Å². The summed E-state index contributed by atoms with van der Waals surface area (Å²) < 4.78 is 21.7. The highest BCUT2D eigenvalue weighted by atomic mass is 16.9. The van der Waals surface area contributed by atoms with Gasteiger partial charge in [0.15, 0.2) is 5.78 Å². The molecule has 2 aliphatic heterocycles. The zero-order chi connectivity index (χ0) is 13.5. The number of hydrogen-bond donors (Lipinski definition) is 0. The van der Waals surface area contributed by atoms with E-state index < -0.39 is 12.1 Å². The molecule has 0 saturated heterocycles. The largest absolute Gasteiger partial charge is 0.484 e. The van der Waals surface area contributed by atoms with Crippen molar-refractivity contribution in [1.29, 1.82) is 0 Å². The molecule has 19 heavy (non-hydrogen) atoms. The van der Waals surface area contributed by atoms with Gasteiger partial charge in [-0.1, -0.05) is 12.1 Å². The number of carbonyl (C=O) groups is 1. The first kappa shape index (κ1) is 12.2. The number of rotatable bonds is 2. The Kier molecular flexibility index (Phi) is 2.80. The van der Waals surface area contributed by atoms with Gasteiger partial charge in [-0.25, -0.2) is 0 Å². The standard InChI is InChI=1S/C14H14O5/c1-16-14(17-2)7-12-10(8-18-14)13(15)9-5-3-4-6-11(9)19-12/h3-6,8,12H,7H2,1-2H3. The van der Waals surface area contributed by atoms with Gasteiger partial charge >= 0.3 is 5.97 Å². The lowest BCUT2D eigenvalue weighted by atomic mass is 9.92. The second-order valence-electron chi connectivity index (χ2n) is 4.42. The molecule has 0 saturated carbocycles. The molecule has 0 aliphatic carbocycles. The molecule has 5 heteroatoms. The van der Waals surface area contributed by atoms with Crippen molar-refractivity contribution in [2.45, 2.75) is 18.5 Å². The third-order valence-corrected chi connectivity index (χ3v) is 3.43. The molecule has 1 atom stereocenters. The molecule has 100 valence electrons. The smallest absolute Gasteiger partial charge is 0.329 e. The lowest BCUT2D eigenvalue weighted by molar-refractivity contribution is -0.353. The highest BCUT2D eigenvalue weighted by Crippen LogP contribution is 2.38. The van der Waals surface area contributed by atoms with Gasteiger partial charge in [0.25, 0.3) is 0 Å². The predicted octanol–water partition coefficient (Wildman–Crippen LogP) is 1.88. The SMILES string of the molecule is COC1(OC)CC2Oc3ccccc3C(=O)C2=CO1. The molecule has 3 rings (SSSR count). The fraction of sp³-hybridized carbons (Fsp3) is 0.357. The number of methoxy groups -OCH3 is 2. The van der Waals surface area contributed by atoms with Gasteiger partial charge in [-0.05, 0) is 12.1 Å². The van der Waals surface area contributed by atoms with Gasteiger partial charge in [-0.15, -0.1) is 0 Å². The van der Waals surface area contributed by atoms with Crippen LogP contribution in [-0.4, -0.2) is 32.1 Å². The fourth-order valence-electron chi connectivity index (χ4n) is 2.33. The Bertz CT molecular complexity index is 545. The number of ether oxygens (including phenoxy) is 4. The minimum atomic E-state index is -1.19. The quantitative estimate of drug-likeness (QED) is 0.762. The first-order chi connectivity index (χ1) is 9.19. The number of carbonyl (C=O) groups excluding carboxylic acids is 1. The van der Waals surface area contributed by atoms with Gasteiger partial charge in [-0.2, -0.15) is 0 Å². The second-order valence-corrected chi connectivity index (χ2v) is 4.42. The van der Waals surface area contributed by atoms with Crippen molar-refractivity contribution in [3.8, 4) is 5.75 Å². The van der Waals surface area contributed by atoms with Crippen molar-refractivity contribution in [3.63, 3.8) is 0 Å². The molecular weight excluding hydrogens is 248 g/mol.